The van der Waals surface area contributed by atoms with Crippen LogP contribution in [-0.2, 0) is 0 Å². The first kappa shape index (κ1) is 15.1. The third kappa shape index (κ3) is 3.85. The maximum atomic E-state index is 13.4. The molecule has 0 aliphatic carbocycles. The minimum absolute atomic E-state index is 0.0119. The SMILES string of the molecule is Cc1ncsc1C(=O)NCCNC(=O)c1ccccc1F. The number of nitrogens with one attached hydrogen (secondary N) is 2. The fourth-order valence-electron chi connectivity index (χ4n) is 1.69. The zero-order chi connectivity index (χ0) is 15.2. The van der Waals surface area contributed by atoms with Gasteiger partial charge >= 0.3 is 0 Å². The van der Waals surface area contributed by atoms with Gasteiger partial charge in [0.1, 0.15) is 10.7 Å². The molecule has 5 nitrogen and oxygen atoms in total. The lowest BCUT2D eigenvalue weighted by atomic mass is 10.2. The molecule has 0 saturated heterocycles. The third-order valence-corrected chi connectivity index (χ3v) is 3.69. The monoisotopic (exact) mass is 307 g/mol. The van der Waals surface area contributed by atoms with Crippen LogP contribution in [0.1, 0.15) is 25.7 Å². The first-order valence-corrected chi connectivity index (χ1v) is 7.18. The van der Waals surface area contributed by atoms with E-state index in [1.807, 2.05) is 0 Å². The number of aryl methyl sites for hydroxylation is 1. The number of carbonyl (C=O) groups is 2. The zero-order valence-electron chi connectivity index (χ0n) is 11.4. The van der Waals surface area contributed by atoms with Crippen LogP contribution in [0.15, 0.2) is 29.8 Å². The summed E-state index contributed by atoms with van der Waals surface area (Å²) in [5.41, 5.74) is 2.26. The van der Waals surface area contributed by atoms with Crippen LogP contribution in [0, 0.1) is 12.7 Å². The molecule has 0 spiro atoms. The number of carbonyl (C=O) groups excluding carboxylic acids is 2. The molecule has 110 valence electrons. The van der Waals surface area contributed by atoms with Gasteiger partial charge in [0.15, 0.2) is 0 Å². The Morgan fingerprint density at radius 1 is 1.19 bits per heavy atom. The number of halogens is 1. The van der Waals surface area contributed by atoms with Gasteiger partial charge in [-0.2, -0.15) is 0 Å². The molecule has 2 amide bonds. The number of rotatable bonds is 5. The molecule has 7 heteroatoms. The molecule has 0 aliphatic rings. The van der Waals surface area contributed by atoms with Crippen LogP contribution in [0.25, 0.3) is 0 Å². The van der Waals surface area contributed by atoms with E-state index in [2.05, 4.69) is 15.6 Å². The van der Waals surface area contributed by atoms with Gasteiger partial charge in [0.25, 0.3) is 11.8 Å². The van der Waals surface area contributed by atoms with Crippen molar-refractivity contribution in [2.75, 3.05) is 13.1 Å². The highest BCUT2D eigenvalue weighted by Crippen LogP contribution is 2.11. The Hall–Kier alpha value is -2.28. The van der Waals surface area contributed by atoms with E-state index in [4.69, 9.17) is 0 Å². The van der Waals surface area contributed by atoms with Gasteiger partial charge in [-0.1, -0.05) is 12.1 Å². The fourth-order valence-corrected chi connectivity index (χ4v) is 2.41. The molecule has 2 rings (SSSR count). The Kier molecular flexibility index (Phi) is 4.99. The van der Waals surface area contributed by atoms with Crippen LogP contribution >= 0.6 is 11.3 Å². The maximum absolute atomic E-state index is 13.4. The molecular formula is C14H14FN3O2S. The largest absolute Gasteiger partial charge is 0.350 e. The highest BCUT2D eigenvalue weighted by molar-refractivity contribution is 7.11. The Morgan fingerprint density at radius 3 is 2.48 bits per heavy atom. The molecule has 2 aromatic rings. The summed E-state index contributed by atoms with van der Waals surface area (Å²) in [6.07, 6.45) is 0. The molecule has 0 bridgehead atoms. The number of hydrogen-bond donors (Lipinski definition) is 2. The highest BCUT2D eigenvalue weighted by atomic mass is 32.1. The van der Waals surface area contributed by atoms with E-state index in [1.54, 1.807) is 18.5 Å². The van der Waals surface area contributed by atoms with Gasteiger partial charge in [0, 0.05) is 13.1 Å². The van der Waals surface area contributed by atoms with E-state index in [-0.39, 0.29) is 24.6 Å². The van der Waals surface area contributed by atoms with Gasteiger partial charge in [-0.25, -0.2) is 9.37 Å². The maximum Gasteiger partial charge on any atom is 0.263 e. The lowest BCUT2D eigenvalue weighted by Crippen LogP contribution is -2.34. The van der Waals surface area contributed by atoms with Crippen molar-refractivity contribution in [2.24, 2.45) is 0 Å². The zero-order valence-corrected chi connectivity index (χ0v) is 12.2. The minimum Gasteiger partial charge on any atom is -0.350 e. The lowest BCUT2D eigenvalue weighted by Gasteiger charge is -2.07. The summed E-state index contributed by atoms with van der Waals surface area (Å²) in [6, 6.07) is 5.74. The average molecular weight is 307 g/mol. The van der Waals surface area contributed by atoms with Crippen LogP contribution in [0.5, 0.6) is 0 Å². The number of benzene rings is 1. The van der Waals surface area contributed by atoms with Crippen molar-refractivity contribution in [2.45, 2.75) is 6.92 Å². The van der Waals surface area contributed by atoms with Gasteiger partial charge in [-0.05, 0) is 19.1 Å². The molecule has 2 N–H and O–H groups in total. The Morgan fingerprint density at radius 2 is 1.86 bits per heavy atom. The molecule has 0 unspecified atom stereocenters. The quantitative estimate of drug-likeness (QED) is 0.827. The molecule has 0 saturated carbocycles. The normalized spacial score (nSPS) is 10.2. The lowest BCUT2D eigenvalue weighted by molar-refractivity contribution is 0.0927. The van der Waals surface area contributed by atoms with Crippen molar-refractivity contribution < 1.29 is 14.0 Å². The first-order chi connectivity index (χ1) is 10.1. The van der Waals surface area contributed by atoms with Crippen molar-refractivity contribution in [1.82, 2.24) is 15.6 Å². The van der Waals surface area contributed by atoms with Gasteiger partial charge in [-0.15, -0.1) is 11.3 Å². The van der Waals surface area contributed by atoms with E-state index in [0.717, 1.165) is 0 Å². The van der Waals surface area contributed by atoms with E-state index in [0.29, 0.717) is 10.6 Å². The second kappa shape index (κ2) is 6.94. The summed E-state index contributed by atoms with van der Waals surface area (Å²) < 4.78 is 13.4. The van der Waals surface area contributed by atoms with Gasteiger partial charge in [-0.3, -0.25) is 9.59 Å². The molecule has 1 aromatic heterocycles. The van der Waals surface area contributed by atoms with Crippen LogP contribution in [-0.4, -0.2) is 29.9 Å². The standard InChI is InChI=1S/C14H14FN3O2S/c1-9-12(21-8-18-9)14(20)17-7-6-16-13(19)10-4-2-3-5-11(10)15/h2-5,8H,6-7H2,1H3,(H,16,19)(H,17,20). The van der Waals surface area contributed by atoms with Crippen LogP contribution in [0.3, 0.4) is 0 Å². The van der Waals surface area contributed by atoms with Crippen molar-refractivity contribution in [1.29, 1.82) is 0 Å². The third-order valence-electron chi connectivity index (χ3n) is 2.77. The van der Waals surface area contributed by atoms with Crippen molar-refractivity contribution >= 4 is 23.2 Å². The predicted molar refractivity (Wildman–Crippen MR) is 77.9 cm³/mol. The molecule has 0 aliphatic heterocycles. The van der Waals surface area contributed by atoms with Gasteiger partial charge in [0.2, 0.25) is 0 Å². The Labute approximate surface area is 125 Å². The number of thiazole rings is 1. The molecule has 21 heavy (non-hydrogen) atoms. The van der Waals surface area contributed by atoms with E-state index < -0.39 is 11.7 Å². The van der Waals surface area contributed by atoms with Crippen LogP contribution < -0.4 is 10.6 Å². The molecule has 0 atom stereocenters. The molecule has 1 heterocycles. The summed E-state index contributed by atoms with van der Waals surface area (Å²) in [7, 11) is 0. The number of nitrogens with zero attached hydrogens (tertiary/aromatic N) is 1. The number of hydrogen-bond acceptors (Lipinski definition) is 4. The van der Waals surface area contributed by atoms with Crippen molar-refractivity contribution in [3.8, 4) is 0 Å². The van der Waals surface area contributed by atoms with Gasteiger partial charge < -0.3 is 10.6 Å². The van der Waals surface area contributed by atoms with Crippen LogP contribution in [0.2, 0.25) is 0 Å². The smallest absolute Gasteiger partial charge is 0.263 e. The van der Waals surface area contributed by atoms with E-state index >= 15 is 0 Å². The summed E-state index contributed by atoms with van der Waals surface area (Å²) in [4.78, 5) is 28.0. The first-order valence-electron chi connectivity index (χ1n) is 6.30. The highest BCUT2D eigenvalue weighted by Gasteiger charge is 2.12. The summed E-state index contributed by atoms with van der Waals surface area (Å²) in [6.45, 7) is 2.23. The van der Waals surface area contributed by atoms with Crippen LogP contribution in [0.4, 0.5) is 4.39 Å². The fraction of sp³-hybridized carbons (Fsp3) is 0.214. The average Bonchev–Trinajstić information content (AvgIpc) is 2.90. The van der Waals surface area contributed by atoms with E-state index in [9.17, 15) is 14.0 Å². The molecule has 0 fully saturated rings. The second-order valence-electron chi connectivity index (χ2n) is 4.26. The predicted octanol–water partition coefficient (Wildman–Crippen LogP) is 1.75. The number of amides is 2. The number of aromatic nitrogens is 1. The topological polar surface area (TPSA) is 71.1 Å². The Balaban J connectivity index is 1.78. The molecule has 1 aromatic carbocycles. The molecule has 0 radical (unpaired) electrons. The summed E-state index contributed by atoms with van der Waals surface area (Å²) in [5.74, 6) is -1.30. The summed E-state index contributed by atoms with van der Waals surface area (Å²) in [5, 5.41) is 5.22. The van der Waals surface area contributed by atoms with E-state index in [1.165, 1.54) is 29.5 Å². The Bertz CT molecular complexity index is 657. The van der Waals surface area contributed by atoms with Gasteiger partial charge in [0.05, 0.1) is 16.8 Å². The minimum atomic E-state index is -0.570. The van der Waals surface area contributed by atoms with Crippen molar-refractivity contribution in [3.63, 3.8) is 0 Å². The summed E-state index contributed by atoms with van der Waals surface area (Å²) >= 11 is 1.26. The van der Waals surface area contributed by atoms with Crippen molar-refractivity contribution in [3.05, 3.63) is 51.7 Å². The second-order valence-corrected chi connectivity index (χ2v) is 5.11. The molecular weight excluding hydrogens is 293 g/mol.